The van der Waals surface area contributed by atoms with E-state index in [0.29, 0.717) is 18.4 Å². The van der Waals surface area contributed by atoms with Gasteiger partial charge in [-0.1, -0.05) is 20.4 Å². The van der Waals surface area contributed by atoms with E-state index in [2.05, 4.69) is 6.58 Å². The molecular formula is C12H15F3O2. The first-order valence-electron chi connectivity index (χ1n) is 5.60. The van der Waals surface area contributed by atoms with E-state index in [1.165, 1.54) is 0 Å². The summed E-state index contributed by atoms with van der Waals surface area (Å²) in [6, 6.07) is 0. The number of ether oxygens (including phenoxy) is 1. The summed E-state index contributed by atoms with van der Waals surface area (Å²) in [5.41, 5.74) is -0.705. The number of halogens is 3. The molecule has 2 atom stereocenters. The molecule has 96 valence electrons. The first kappa shape index (κ1) is 12.5. The molecule has 0 saturated heterocycles. The van der Waals surface area contributed by atoms with Gasteiger partial charge in [0.15, 0.2) is 0 Å². The van der Waals surface area contributed by atoms with Crippen LogP contribution in [0.1, 0.15) is 33.1 Å². The molecule has 0 aromatic heterocycles. The number of fused-ring (bicyclic) bond motifs is 2. The summed E-state index contributed by atoms with van der Waals surface area (Å²) in [4.78, 5) is 11.0. The van der Waals surface area contributed by atoms with E-state index in [9.17, 15) is 18.0 Å². The number of hydrogen-bond donors (Lipinski definition) is 0. The molecule has 0 spiro atoms. The molecule has 2 fully saturated rings. The molecule has 2 bridgehead atoms. The largest absolute Gasteiger partial charge is 0.490 e. The van der Waals surface area contributed by atoms with Crippen LogP contribution in [0.3, 0.4) is 0 Å². The van der Waals surface area contributed by atoms with E-state index in [0.717, 1.165) is 6.42 Å². The number of rotatable bonds is 1. The van der Waals surface area contributed by atoms with Crippen molar-refractivity contribution in [1.82, 2.24) is 0 Å². The number of esters is 1. The quantitative estimate of drug-likeness (QED) is 0.526. The normalized spacial score (nSPS) is 35.1. The minimum Gasteiger partial charge on any atom is -0.448 e. The number of carbonyl (C=O) groups is 1. The average molecular weight is 248 g/mol. The van der Waals surface area contributed by atoms with Crippen molar-refractivity contribution in [1.29, 1.82) is 0 Å². The van der Waals surface area contributed by atoms with Crippen LogP contribution in [-0.2, 0) is 9.53 Å². The summed E-state index contributed by atoms with van der Waals surface area (Å²) in [5, 5.41) is 0. The zero-order chi connectivity index (χ0) is 13.1. The molecule has 5 heteroatoms. The van der Waals surface area contributed by atoms with Crippen LogP contribution in [0.2, 0.25) is 0 Å². The van der Waals surface area contributed by atoms with E-state index >= 15 is 0 Å². The van der Waals surface area contributed by atoms with E-state index in [-0.39, 0.29) is 11.3 Å². The number of carbonyl (C=O) groups excluding carboxylic acids is 1. The molecule has 2 aliphatic carbocycles. The Morgan fingerprint density at radius 1 is 1.47 bits per heavy atom. The van der Waals surface area contributed by atoms with Gasteiger partial charge in [-0.25, -0.2) is 4.79 Å². The highest BCUT2D eigenvalue weighted by atomic mass is 19.4. The van der Waals surface area contributed by atoms with Crippen molar-refractivity contribution in [3.05, 3.63) is 12.2 Å². The molecule has 0 aromatic carbocycles. The van der Waals surface area contributed by atoms with Crippen LogP contribution < -0.4 is 0 Å². The lowest BCUT2D eigenvalue weighted by molar-refractivity contribution is -0.210. The maximum absolute atomic E-state index is 12.2. The van der Waals surface area contributed by atoms with Crippen LogP contribution in [-0.4, -0.2) is 17.7 Å². The van der Waals surface area contributed by atoms with Crippen molar-refractivity contribution in [3.63, 3.8) is 0 Å². The fourth-order valence-corrected chi connectivity index (χ4v) is 3.12. The van der Waals surface area contributed by atoms with Crippen LogP contribution in [0, 0.1) is 11.3 Å². The van der Waals surface area contributed by atoms with E-state index in [1.807, 2.05) is 13.8 Å². The Morgan fingerprint density at radius 3 is 2.47 bits per heavy atom. The van der Waals surface area contributed by atoms with Crippen LogP contribution in [0.15, 0.2) is 12.2 Å². The summed E-state index contributed by atoms with van der Waals surface area (Å²) in [7, 11) is 0. The lowest BCUT2D eigenvalue weighted by Crippen LogP contribution is -2.40. The number of alkyl halides is 3. The molecule has 2 rings (SSSR count). The fourth-order valence-electron chi connectivity index (χ4n) is 3.12. The van der Waals surface area contributed by atoms with Gasteiger partial charge in [-0.05, 0) is 36.2 Å². The molecule has 0 aromatic rings. The van der Waals surface area contributed by atoms with Crippen molar-refractivity contribution in [2.24, 2.45) is 11.3 Å². The third-order valence-electron chi connectivity index (χ3n) is 4.34. The molecule has 0 N–H and O–H groups in total. The summed E-state index contributed by atoms with van der Waals surface area (Å²) in [6.45, 7) is 7.75. The van der Waals surface area contributed by atoms with Gasteiger partial charge in [-0.3, -0.25) is 0 Å². The highest BCUT2D eigenvalue weighted by Gasteiger charge is 2.61. The third kappa shape index (κ3) is 1.67. The van der Waals surface area contributed by atoms with E-state index in [1.54, 1.807) is 0 Å². The topological polar surface area (TPSA) is 26.3 Å². The minimum absolute atomic E-state index is 0.246. The molecule has 0 unspecified atom stereocenters. The SMILES string of the molecule is C=C1C(C)(C)[C@@H]2CC[C@@]1(OC(=O)C(F)(F)F)C2. The van der Waals surface area contributed by atoms with Gasteiger partial charge in [-0.2, -0.15) is 13.2 Å². The first-order chi connectivity index (χ1) is 7.59. The zero-order valence-corrected chi connectivity index (χ0v) is 9.86. The molecule has 2 aliphatic rings. The van der Waals surface area contributed by atoms with Gasteiger partial charge in [0, 0.05) is 0 Å². The second-order valence-corrected chi connectivity index (χ2v) is 5.52. The minimum atomic E-state index is -4.93. The van der Waals surface area contributed by atoms with Gasteiger partial charge in [-0.15, -0.1) is 0 Å². The van der Waals surface area contributed by atoms with Crippen LogP contribution >= 0.6 is 0 Å². The van der Waals surface area contributed by atoms with Crippen LogP contribution in [0.5, 0.6) is 0 Å². The molecule has 0 amide bonds. The van der Waals surface area contributed by atoms with E-state index < -0.39 is 17.7 Å². The third-order valence-corrected chi connectivity index (χ3v) is 4.34. The highest BCUT2D eigenvalue weighted by Crippen LogP contribution is 2.62. The van der Waals surface area contributed by atoms with Crippen molar-refractivity contribution < 1.29 is 22.7 Å². The smallest absolute Gasteiger partial charge is 0.448 e. The maximum atomic E-state index is 12.2. The molecule has 0 aliphatic heterocycles. The van der Waals surface area contributed by atoms with Gasteiger partial charge in [0.05, 0.1) is 0 Å². The maximum Gasteiger partial charge on any atom is 0.490 e. The molecular weight excluding hydrogens is 233 g/mol. The predicted molar refractivity (Wildman–Crippen MR) is 55.1 cm³/mol. The van der Waals surface area contributed by atoms with Gasteiger partial charge >= 0.3 is 12.1 Å². The molecule has 0 heterocycles. The van der Waals surface area contributed by atoms with Crippen molar-refractivity contribution in [2.75, 3.05) is 0 Å². The summed E-state index contributed by atoms with van der Waals surface area (Å²) in [5.74, 6) is -1.84. The van der Waals surface area contributed by atoms with Gasteiger partial charge in [0.1, 0.15) is 5.60 Å². The molecule has 2 nitrogen and oxygen atoms in total. The Balaban J connectivity index is 2.22. The van der Waals surface area contributed by atoms with Crippen LogP contribution in [0.4, 0.5) is 13.2 Å². The van der Waals surface area contributed by atoms with Gasteiger partial charge in [0.2, 0.25) is 0 Å². The Morgan fingerprint density at radius 2 is 2.06 bits per heavy atom. The Bertz CT molecular complexity index is 384. The Hall–Kier alpha value is -1.00. The first-order valence-corrected chi connectivity index (χ1v) is 5.60. The van der Waals surface area contributed by atoms with Crippen molar-refractivity contribution >= 4 is 5.97 Å². The molecule has 2 saturated carbocycles. The van der Waals surface area contributed by atoms with Crippen LogP contribution in [0.25, 0.3) is 0 Å². The fraction of sp³-hybridized carbons (Fsp3) is 0.750. The van der Waals surface area contributed by atoms with Crippen molar-refractivity contribution in [3.8, 4) is 0 Å². The van der Waals surface area contributed by atoms with Crippen molar-refractivity contribution in [2.45, 2.75) is 44.9 Å². The Kier molecular flexibility index (Phi) is 2.39. The highest BCUT2D eigenvalue weighted by molar-refractivity contribution is 5.76. The lowest BCUT2D eigenvalue weighted by Gasteiger charge is -2.37. The molecule has 0 radical (unpaired) electrons. The average Bonchev–Trinajstić information content (AvgIpc) is 2.66. The summed E-state index contributed by atoms with van der Waals surface area (Å²) in [6.07, 6.45) is -3.21. The predicted octanol–water partition coefficient (Wildman–Crippen LogP) is 3.23. The second kappa shape index (κ2) is 3.27. The summed E-state index contributed by atoms with van der Waals surface area (Å²) < 4.78 is 41.5. The Labute approximate surface area is 97.8 Å². The lowest BCUT2D eigenvalue weighted by atomic mass is 9.72. The van der Waals surface area contributed by atoms with Gasteiger partial charge in [0.25, 0.3) is 0 Å². The van der Waals surface area contributed by atoms with Gasteiger partial charge < -0.3 is 4.74 Å². The summed E-state index contributed by atoms with van der Waals surface area (Å²) >= 11 is 0. The standard InChI is InChI=1S/C12H15F3O2/c1-7-10(2,3)8-4-5-11(7,6-8)17-9(16)12(13,14)15/h8H,1,4-6H2,2-3H3/t8-,11-/m1/s1. The number of hydrogen-bond acceptors (Lipinski definition) is 2. The monoisotopic (exact) mass is 248 g/mol. The molecule has 17 heavy (non-hydrogen) atoms. The van der Waals surface area contributed by atoms with E-state index in [4.69, 9.17) is 4.74 Å². The zero-order valence-electron chi connectivity index (χ0n) is 9.86. The second-order valence-electron chi connectivity index (χ2n) is 5.52.